The molecule has 0 aromatic heterocycles. The molecule has 170 valence electrons. The van der Waals surface area contributed by atoms with Crippen molar-refractivity contribution in [1.29, 1.82) is 0 Å². The van der Waals surface area contributed by atoms with Gasteiger partial charge in [-0.3, -0.25) is 0 Å². The van der Waals surface area contributed by atoms with Crippen LogP contribution in [0.3, 0.4) is 0 Å². The van der Waals surface area contributed by atoms with Crippen molar-refractivity contribution < 1.29 is 4.74 Å². The van der Waals surface area contributed by atoms with Gasteiger partial charge in [0, 0.05) is 17.3 Å². The van der Waals surface area contributed by atoms with Crippen LogP contribution in [0.1, 0.15) is 54.5 Å². The summed E-state index contributed by atoms with van der Waals surface area (Å²) >= 11 is 0. The van der Waals surface area contributed by atoms with E-state index in [-0.39, 0.29) is 5.16 Å². The second-order valence-electron chi connectivity index (χ2n) is 9.04. The molecular formula is C29H38NOP. The molecule has 1 unspecified atom stereocenters. The third-order valence-corrected chi connectivity index (χ3v) is 8.46. The van der Waals surface area contributed by atoms with E-state index < -0.39 is 0 Å². The van der Waals surface area contributed by atoms with Crippen LogP contribution in [0.5, 0.6) is 5.75 Å². The molecule has 3 rings (SSSR count). The van der Waals surface area contributed by atoms with Crippen molar-refractivity contribution in [2.45, 2.75) is 58.8 Å². The Labute approximate surface area is 196 Å². The fourth-order valence-corrected chi connectivity index (χ4v) is 6.18. The van der Waals surface area contributed by atoms with Crippen LogP contribution < -0.4 is 10.0 Å². The lowest BCUT2D eigenvalue weighted by Crippen LogP contribution is -2.25. The Morgan fingerprint density at radius 1 is 0.875 bits per heavy atom. The molecule has 0 N–H and O–H groups in total. The van der Waals surface area contributed by atoms with Gasteiger partial charge in [0.1, 0.15) is 12.4 Å². The standard InChI is InChI=1S/C29H38NOP/c1-7-29(8-2,32-27-17-13-12-16-25(27)20-30(5)6)26-19-22(3)18-23(4)28(26)31-21-24-14-10-9-11-15-24/h9-19,32H,7-8,20-21H2,1-6H3. The van der Waals surface area contributed by atoms with Crippen LogP contribution in [-0.4, -0.2) is 19.0 Å². The minimum Gasteiger partial charge on any atom is -0.488 e. The first-order valence-electron chi connectivity index (χ1n) is 11.7. The largest absolute Gasteiger partial charge is 0.488 e. The van der Waals surface area contributed by atoms with E-state index in [1.54, 1.807) is 0 Å². The molecule has 3 aromatic rings. The highest BCUT2D eigenvalue weighted by molar-refractivity contribution is 7.48. The van der Waals surface area contributed by atoms with Crippen molar-refractivity contribution in [3.63, 3.8) is 0 Å². The minimum absolute atomic E-state index is 0.0607. The predicted molar refractivity (Wildman–Crippen MR) is 141 cm³/mol. The van der Waals surface area contributed by atoms with Gasteiger partial charge in [-0.15, -0.1) is 0 Å². The van der Waals surface area contributed by atoms with E-state index in [2.05, 4.69) is 113 Å². The molecule has 0 heterocycles. The average Bonchev–Trinajstić information content (AvgIpc) is 2.78. The van der Waals surface area contributed by atoms with Crippen LogP contribution in [0.25, 0.3) is 0 Å². The first-order chi connectivity index (χ1) is 15.4. The van der Waals surface area contributed by atoms with Crippen molar-refractivity contribution in [2.75, 3.05) is 14.1 Å². The van der Waals surface area contributed by atoms with Gasteiger partial charge in [0.2, 0.25) is 0 Å². The number of rotatable bonds is 10. The number of benzene rings is 3. The maximum absolute atomic E-state index is 6.55. The number of nitrogens with zero attached hydrogens (tertiary/aromatic N) is 1. The molecule has 0 bridgehead atoms. The van der Waals surface area contributed by atoms with Crippen molar-refractivity contribution in [2.24, 2.45) is 0 Å². The van der Waals surface area contributed by atoms with Crippen LogP contribution >= 0.6 is 8.58 Å². The van der Waals surface area contributed by atoms with Gasteiger partial charge in [-0.1, -0.05) is 94.7 Å². The SMILES string of the molecule is CCC(CC)(Pc1ccccc1CN(C)C)c1cc(C)cc(C)c1OCc1ccccc1. The van der Waals surface area contributed by atoms with Gasteiger partial charge >= 0.3 is 0 Å². The Morgan fingerprint density at radius 3 is 2.19 bits per heavy atom. The summed E-state index contributed by atoms with van der Waals surface area (Å²) in [5.74, 6) is 1.07. The molecule has 0 aliphatic rings. The van der Waals surface area contributed by atoms with Gasteiger partial charge in [-0.2, -0.15) is 0 Å². The first kappa shape index (κ1) is 24.5. The summed E-state index contributed by atoms with van der Waals surface area (Å²) in [6, 6.07) is 24.1. The third kappa shape index (κ3) is 5.80. The summed E-state index contributed by atoms with van der Waals surface area (Å²) in [5.41, 5.74) is 6.54. The Kier molecular flexibility index (Phi) is 8.51. The Balaban J connectivity index is 2.03. The summed E-state index contributed by atoms with van der Waals surface area (Å²) in [7, 11) is 4.99. The van der Waals surface area contributed by atoms with E-state index in [9.17, 15) is 0 Å². The van der Waals surface area contributed by atoms with Crippen molar-refractivity contribution in [3.05, 3.63) is 94.5 Å². The van der Waals surface area contributed by atoms with Crippen molar-refractivity contribution in [3.8, 4) is 5.75 Å². The zero-order chi connectivity index (χ0) is 23.1. The Bertz CT molecular complexity index is 1010. The van der Waals surface area contributed by atoms with E-state index >= 15 is 0 Å². The highest BCUT2D eigenvalue weighted by Crippen LogP contribution is 2.51. The van der Waals surface area contributed by atoms with Gasteiger partial charge < -0.3 is 9.64 Å². The second-order valence-corrected chi connectivity index (χ2v) is 10.8. The number of hydrogen-bond acceptors (Lipinski definition) is 2. The fourth-order valence-electron chi connectivity index (χ4n) is 4.48. The smallest absolute Gasteiger partial charge is 0.126 e. The van der Waals surface area contributed by atoms with Crippen molar-refractivity contribution >= 4 is 13.9 Å². The molecule has 0 amide bonds. The molecule has 32 heavy (non-hydrogen) atoms. The van der Waals surface area contributed by atoms with Crippen LogP contribution in [-0.2, 0) is 18.3 Å². The lowest BCUT2D eigenvalue weighted by molar-refractivity contribution is 0.296. The zero-order valence-corrected chi connectivity index (χ0v) is 21.5. The van der Waals surface area contributed by atoms with Crippen LogP contribution in [0.2, 0.25) is 0 Å². The van der Waals surface area contributed by atoms with E-state index in [1.165, 1.54) is 33.1 Å². The summed E-state index contributed by atoms with van der Waals surface area (Å²) in [5, 5.41) is 1.53. The quantitative estimate of drug-likeness (QED) is 0.311. The first-order valence-corrected chi connectivity index (χ1v) is 12.7. The van der Waals surface area contributed by atoms with Crippen LogP contribution in [0.4, 0.5) is 0 Å². The summed E-state index contributed by atoms with van der Waals surface area (Å²) < 4.78 is 6.55. The third-order valence-electron chi connectivity index (χ3n) is 6.25. The van der Waals surface area contributed by atoms with E-state index in [4.69, 9.17) is 4.74 Å². The van der Waals surface area contributed by atoms with Crippen LogP contribution in [0.15, 0.2) is 66.7 Å². The van der Waals surface area contributed by atoms with Crippen molar-refractivity contribution in [1.82, 2.24) is 4.90 Å². The van der Waals surface area contributed by atoms with Gasteiger partial charge in [0.15, 0.2) is 0 Å². The molecule has 3 aromatic carbocycles. The molecule has 1 atom stereocenters. The van der Waals surface area contributed by atoms with Crippen LogP contribution in [0, 0.1) is 13.8 Å². The fraction of sp³-hybridized carbons (Fsp3) is 0.379. The molecule has 0 saturated heterocycles. The maximum atomic E-state index is 6.55. The van der Waals surface area contributed by atoms with E-state index in [0.717, 1.165) is 25.1 Å². The molecule has 0 aliphatic carbocycles. The molecule has 0 aliphatic heterocycles. The number of hydrogen-bond donors (Lipinski definition) is 0. The lowest BCUT2D eigenvalue weighted by atomic mass is 9.89. The summed E-state index contributed by atoms with van der Waals surface area (Å²) in [6.07, 6.45) is 2.17. The van der Waals surface area contributed by atoms with E-state index in [0.29, 0.717) is 15.2 Å². The molecule has 2 nitrogen and oxygen atoms in total. The molecule has 0 saturated carbocycles. The Morgan fingerprint density at radius 2 is 1.53 bits per heavy atom. The lowest BCUT2D eigenvalue weighted by Gasteiger charge is -2.36. The molecule has 3 heteroatoms. The van der Waals surface area contributed by atoms with Gasteiger partial charge in [0.25, 0.3) is 0 Å². The topological polar surface area (TPSA) is 12.5 Å². The highest BCUT2D eigenvalue weighted by Gasteiger charge is 2.33. The summed E-state index contributed by atoms with van der Waals surface area (Å²) in [6.45, 7) is 10.6. The zero-order valence-electron chi connectivity index (χ0n) is 20.5. The van der Waals surface area contributed by atoms with E-state index in [1.807, 2.05) is 0 Å². The minimum atomic E-state index is 0.0607. The van der Waals surface area contributed by atoms with Gasteiger partial charge in [0.05, 0.1) is 0 Å². The summed E-state index contributed by atoms with van der Waals surface area (Å²) in [4.78, 5) is 2.26. The average molecular weight is 448 g/mol. The van der Waals surface area contributed by atoms with Gasteiger partial charge in [-0.05, 0) is 62.8 Å². The second kappa shape index (κ2) is 11.1. The molecular weight excluding hydrogens is 409 g/mol. The molecule has 0 fully saturated rings. The highest BCUT2D eigenvalue weighted by atomic mass is 31.1. The maximum Gasteiger partial charge on any atom is 0.126 e. The molecule has 0 radical (unpaired) electrons. The van der Waals surface area contributed by atoms with Gasteiger partial charge in [-0.25, -0.2) is 0 Å². The number of aryl methyl sites for hydroxylation is 2. The molecule has 0 spiro atoms. The predicted octanol–water partition coefficient (Wildman–Crippen LogP) is 6.96. The normalized spacial score (nSPS) is 12.1. The number of ether oxygens (including phenoxy) is 1. The monoisotopic (exact) mass is 447 g/mol. The Hall–Kier alpha value is -2.15.